The Kier molecular flexibility index (Phi) is 4.98. The van der Waals surface area contributed by atoms with Crippen LogP contribution >= 0.6 is 0 Å². The maximum Gasteiger partial charge on any atom is 0.227 e. The van der Waals surface area contributed by atoms with Crippen molar-refractivity contribution in [2.45, 2.75) is 13.0 Å². The first-order valence-electron chi connectivity index (χ1n) is 7.90. The Bertz CT molecular complexity index is 614. The highest BCUT2D eigenvalue weighted by molar-refractivity contribution is 5.78. The molecular weight excluding hydrogens is 292 g/mol. The summed E-state index contributed by atoms with van der Waals surface area (Å²) in [4.78, 5) is 16.7. The van der Waals surface area contributed by atoms with Gasteiger partial charge in [-0.1, -0.05) is 12.1 Å². The van der Waals surface area contributed by atoms with Gasteiger partial charge < -0.3 is 14.1 Å². The van der Waals surface area contributed by atoms with E-state index in [9.17, 15) is 4.79 Å². The van der Waals surface area contributed by atoms with Gasteiger partial charge in [0.1, 0.15) is 11.5 Å². The average molecular weight is 314 g/mol. The molecular formula is C18H22N2O3. The lowest BCUT2D eigenvalue weighted by Gasteiger charge is -2.34. The van der Waals surface area contributed by atoms with Crippen LogP contribution in [0.15, 0.2) is 47.1 Å². The number of hydrogen-bond acceptors (Lipinski definition) is 4. The molecule has 0 atom stereocenters. The first-order chi connectivity index (χ1) is 11.2. The summed E-state index contributed by atoms with van der Waals surface area (Å²) in [5, 5.41) is 0. The second-order valence-electron chi connectivity index (χ2n) is 5.76. The van der Waals surface area contributed by atoms with Crippen LogP contribution in [-0.4, -0.2) is 49.0 Å². The van der Waals surface area contributed by atoms with E-state index in [-0.39, 0.29) is 5.91 Å². The summed E-state index contributed by atoms with van der Waals surface area (Å²) < 4.78 is 10.5. The molecule has 1 fully saturated rings. The van der Waals surface area contributed by atoms with Crippen LogP contribution in [0.2, 0.25) is 0 Å². The largest absolute Gasteiger partial charge is 0.497 e. The van der Waals surface area contributed by atoms with Crippen molar-refractivity contribution in [3.05, 3.63) is 54.0 Å². The van der Waals surface area contributed by atoms with Gasteiger partial charge in [0.25, 0.3) is 0 Å². The van der Waals surface area contributed by atoms with Gasteiger partial charge in [0.05, 0.1) is 26.3 Å². The topological polar surface area (TPSA) is 45.9 Å². The lowest BCUT2D eigenvalue weighted by Crippen LogP contribution is -2.48. The minimum absolute atomic E-state index is 0.188. The number of carbonyl (C=O) groups excluding carboxylic acids is 1. The van der Waals surface area contributed by atoms with Crippen molar-refractivity contribution in [2.75, 3.05) is 33.3 Å². The van der Waals surface area contributed by atoms with Gasteiger partial charge in [-0.05, 0) is 29.8 Å². The van der Waals surface area contributed by atoms with Gasteiger partial charge in [-0.2, -0.15) is 0 Å². The number of nitrogens with zero attached hydrogens (tertiary/aromatic N) is 2. The van der Waals surface area contributed by atoms with Crippen LogP contribution in [0.25, 0.3) is 0 Å². The molecule has 5 nitrogen and oxygen atoms in total. The number of rotatable bonds is 5. The molecule has 1 amide bonds. The van der Waals surface area contributed by atoms with E-state index >= 15 is 0 Å². The third-order valence-corrected chi connectivity index (χ3v) is 4.20. The third kappa shape index (κ3) is 4.13. The maximum absolute atomic E-state index is 12.4. The lowest BCUT2D eigenvalue weighted by molar-refractivity contribution is -0.132. The van der Waals surface area contributed by atoms with Gasteiger partial charge in [0.15, 0.2) is 0 Å². The highest BCUT2D eigenvalue weighted by atomic mass is 16.5. The minimum Gasteiger partial charge on any atom is -0.497 e. The Morgan fingerprint density at radius 3 is 2.48 bits per heavy atom. The van der Waals surface area contributed by atoms with E-state index in [2.05, 4.69) is 4.90 Å². The molecule has 0 unspecified atom stereocenters. The molecule has 0 N–H and O–H groups in total. The van der Waals surface area contributed by atoms with Crippen LogP contribution in [0.1, 0.15) is 11.3 Å². The van der Waals surface area contributed by atoms with Gasteiger partial charge in [0, 0.05) is 26.2 Å². The quantitative estimate of drug-likeness (QED) is 0.848. The summed E-state index contributed by atoms with van der Waals surface area (Å²) in [7, 11) is 1.64. The van der Waals surface area contributed by atoms with Crippen LogP contribution in [0, 0.1) is 0 Å². The molecule has 1 aliphatic rings. The molecule has 0 bridgehead atoms. The first-order valence-corrected chi connectivity index (χ1v) is 7.90. The Hall–Kier alpha value is -2.27. The van der Waals surface area contributed by atoms with Crippen molar-refractivity contribution in [1.29, 1.82) is 0 Å². The predicted molar refractivity (Wildman–Crippen MR) is 87.3 cm³/mol. The molecule has 0 saturated carbocycles. The van der Waals surface area contributed by atoms with Crippen molar-refractivity contribution < 1.29 is 13.9 Å². The number of ether oxygens (including phenoxy) is 1. The second kappa shape index (κ2) is 7.33. The molecule has 0 radical (unpaired) electrons. The Balaban J connectivity index is 1.47. The second-order valence-corrected chi connectivity index (χ2v) is 5.76. The van der Waals surface area contributed by atoms with E-state index in [4.69, 9.17) is 9.15 Å². The molecule has 1 aromatic carbocycles. The van der Waals surface area contributed by atoms with Crippen molar-refractivity contribution in [2.24, 2.45) is 0 Å². The molecule has 1 aromatic heterocycles. The number of furan rings is 1. The number of piperazine rings is 1. The van der Waals surface area contributed by atoms with Gasteiger partial charge in [-0.3, -0.25) is 9.69 Å². The Labute approximate surface area is 136 Å². The Morgan fingerprint density at radius 1 is 1.13 bits per heavy atom. The molecule has 1 aliphatic heterocycles. The third-order valence-electron chi connectivity index (χ3n) is 4.20. The van der Waals surface area contributed by atoms with Crippen LogP contribution in [0.4, 0.5) is 0 Å². The van der Waals surface area contributed by atoms with Crippen LogP contribution in [-0.2, 0) is 17.8 Å². The van der Waals surface area contributed by atoms with Gasteiger partial charge in [-0.25, -0.2) is 0 Å². The molecule has 2 heterocycles. The van der Waals surface area contributed by atoms with E-state index in [1.807, 2.05) is 41.3 Å². The Morgan fingerprint density at radius 2 is 1.87 bits per heavy atom. The number of hydrogen-bond donors (Lipinski definition) is 0. The fourth-order valence-electron chi connectivity index (χ4n) is 2.81. The van der Waals surface area contributed by atoms with E-state index < -0.39 is 0 Å². The van der Waals surface area contributed by atoms with E-state index in [1.54, 1.807) is 13.4 Å². The van der Waals surface area contributed by atoms with E-state index in [0.29, 0.717) is 6.42 Å². The zero-order chi connectivity index (χ0) is 16.1. The first kappa shape index (κ1) is 15.6. The summed E-state index contributed by atoms with van der Waals surface area (Å²) in [5.74, 6) is 1.98. The molecule has 3 rings (SSSR count). The molecule has 0 aliphatic carbocycles. The number of benzene rings is 1. The number of amides is 1. The summed E-state index contributed by atoms with van der Waals surface area (Å²) in [6, 6.07) is 11.6. The number of carbonyl (C=O) groups is 1. The SMILES string of the molecule is COc1ccc(CC(=O)N2CCN(Cc3ccco3)CC2)cc1. The van der Waals surface area contributed by atoms with Gasteiger partial charge >= 0.3 is 0 Å². The molecule has 2 aromatic rings. The van der Waals surface area contributed by atoms with Crippen molar-refractivity contribution in [1.82, 2.24) is 9.80 Å². The molecule has 23 heavy (non-hydrogen) atoms. The summed E-state index contributed by atoms with van der Waals surface area (Å²) in [5.41, 5.74) is 1.02. The van der Waals surface area contributed by atoms with Crippen LogP contribution < -0.4 is 4.74 Å². The molecule has 1 saturated heterocycles. The highest BCUT2D eigenvalue weighted by Gasteiger charge is 2.21. The van der Waals surface area contributed by atoms with Crippen LogP contribution in [0.3, 0.4) is 0 Å². The van der Waals surface area contributed by atoms with Gasteiger partial charge in [-0.15, -0.1) is 0 Å². The normalized spacial score (nSPS) is 15.6. The standard InChI is InChI=1S/C18H22N2O3/c1-22-16-6-4-15(5-7-16)13-18(21)20-10-8-19(9-11-20)14-17-3-2-12-23-17/h2-7,12H,8-11,13-14H2,1H3. The van der Waals surface area contributed by atoms with Gasteiger partial charge in [0.2, 0.25) is 5.91 Å². The smallest absolute Gasteiger partial charge is 0.227 e. The zero-order valence-electron chi connectivity index (χ0n) is 13.4. The summed E-state index contributed by atoms with van der Waals surface area (Å²) in [6.07, 6.45) is 2.14. The molecule has 0 spiro atoms. The molecule has 5 heteroatoms. The summed E-state index contributed by atoms with van der Waals surface area (Å²) >= 11 is 0. The van der Waals surface area contributed by atoms with Crippen molar-refractivity contribution in [3.8, 4) is 5.75 Å². The number of methoxy groups -OCH3 is 1. The van der Waals surface area contributed by atoms with E-state index in [0.717, 1.165) is 49.8 Å². The highest BCUT2D eigenvalue weighted by Crippen LogP contribution is 2.14. The minimum atomic E-state index is 0.188. The van der Waals surface area contributed by atoms with Crippen LogP contribution in [0.5, 0.6) is 5.75 Å². The fourth-order valence-corrected chi connectivity index (χ4v) is 2.81. The average Bonchev–Trinajstić information content (AvgIpc) is 3.09. The zero-order valence-corrected chi connectivity index (χ0v) is 13.4. The predicted octanol–water partition coefficient (Wildman–Crippen LogP) is 2.18. The monoisotopic (exact) mass is 314 g/mol. The van der Waals surface area contributed by atoms with Crippen molar-refractivity contribution in [3.63, 3.8) is 0 Å². The maximum atomic E-state index is 12.4. The van der Waals surface area contributed by atoms with E-state index in [1.165, 1.54) is 0 Å². The lowest BCUT2D eigenvalue weighted by atomic mass is 10.1. The molecule has 122 valence electrons. The fraction of sp³-hybridized carbons (Fsp3) is 0.389. The van der Waals surface area contributed by atoms with Crippen molar-refractivity contribution >= 4 is 5.91 Å². The summed E-state index contributed by atoms with van der Waals surface area (Å²) in [6.45, 7) is 4.13.